The van der Waals surface area contributed by atoms with E-state index >= 15 is 0 Å². The van der Waals surface area contributed by atoms with Gasteiger partial charge in [0.1, 0.15) is 0 Å². The number of anilines is 1. The highest BCUT2D eigenvalue weighted by Gasteiger charge is 2.00. The van der Waals surface area contributed by atoms with Gasteiger partial charge in [-0.25, -0.2) is 4.79 Å². The molecule has 2 N–H and O–H groups in total. The van der Waals surface area contributed by atoms with Gasteiger partial charge in [-0.2, -0.15) is 5.10 Å². The van der Waals surface area contributed by atoms with Crippen LogP contribution < -0.4 is 5.43 Å². The standard InChI is InChI=1S/C16H12N4O2/c21-16(22)12-2-4-13(5-3-12)20-19-10-11-1-6-14-15(9-11)18-8-7-17-14/h1-10,20H,(H,21,22)/b19-10-. The lowest BCUT2D eigenvalue weighted by Crippen LogP contribution is -1.96. The van der Waals surface area contributed by atoms with Crippen molar-refractivity contribution in [2.75, 3.05) is 5.43 Å². The molecule has 0 unspecified atom stereocenters. The van der Waals surface area contributed by atoms with E-state index in [2.05, 4.69) is 20.5 Å². The Morgan fingerprint density at radius 3 is 2.50 bits per heavy atom. The summed E-state index contributed by atoms with van der Waals surface area (Å²) in [4.78, 5) is 19.2. The van der Waals surface area contributed by atoms with Crippen LogP contribution in [-0.2, 0) is 0 Å². The van der Waals surface area contributed by atoms with Gasteiger partial charge in [0, 0.05) is 12.4 Å². The minimum atomic E-state index is -0.952. The van der Waals surface area contributed by atoms with Crippen LogP contribution in [0.4, 0.5) is 5.69 Å². The number of nitrogens with one attached hydrogen (secondary N) is 1. The van der Waals surface area contributed by atoms with Crippen LogP contribution >= 0.6 is 0 Å². The zero-order valence-electron chi connectivity index (χ0n) is 11.5. The number of benzene rings is 2. The highest BCUT2D eigenvalue weighted by atomic mass is 16.4. The Balaban J connectivity index is 1.71. The van der Waals surface area contributed by atoms with Crippen molar-refractivity contribution in [3.8, 4) is 0 Å². The maximum atomic E-state index is 10.8. The minimum Gasteiger partial charge on any atom is -0.478 e. The van der Waals surface area contributed by atoms with Gasteiger partial charge in [-0.05, 0) is 42.0 Å². The molecule has 0 radical (unpaired) electrons. The van der Waals surface area contributed by atoms with Crippen LogP contribution in [0.25, 0.3) is 11.0 Å². The lowest BCUT2D eigenvalue weighted by atomic mass is 10.2. The summed E-state index contributed by atoms with van der Waals surface area (Å²) in [7, 11) is 0. The number of carboxylic acids is 1. The van der Waals surface area contributed by atoms with Gasteiger partial charge >= 0.3 is 5.97 Å². The smallest absolute Gasteiger partial charge is 0.335 e. The fourth-order valence-electron chi connectivity index (χ4n) is 1.93. The molecule has 22 heavy (non-hydrogen) atoms. The van der Waals surface area contributed by atoms with Crippen molar-refractivity contribution in [1.82, 2.24) is 9.97 Å². The number of hydrogen-bond donors (Lipinski definition) is 2. The lowest BCUT2D eigenvalue weighted by Gasteiger charge is -2.01. The predicted octanol–water partition coefficient (Wildman–Crippen LogP) is 2.77. The van der Waals surface area contributed by atoms with Crippen LogP contribution in [0, 0.1) is 0 Å². The van der Waals surface area contributed by atoms with Crippen LogP contribution in [0.5, 0.6) is 0 Å². The lowest BCUT2D eigenvalue weighted by molar-refractivity contribution is 0.0697. The zero-order chi connectivity index (χ0) is 15.4. The highest BCUT2D eigenvalue weighted by molar-refractivity contribution is 5.88. The van der Waals surface area contributed by atoms with Gasteiger partial charge in [0.25, 0.3) is 0 Å². The summed E-state index contributed by atoms with van der Waals surface area (Å²) in [6.45, 7) is 0. The first kappa shape index (κ1) is 13.7. The van der Waals surface area contributed by atoms with E-state index in [0.29, 0.717) is 5.69 Å². The van der Waals surface area contributed by atoms with Crippen LogP contribution in [0.3, 0.4) is 0 Å². The third kappa shape index (κ3) is 3.06. The van der Waals surface area contributed by atoms with Gasteiger partial charge in [-0.1, -0.05) is 6.07 Å². The summed E-state index contributed by atoms with van der Waals surface area (Å²) < 4.78 is 0. The van der Waals surface area contributed by atoms with Crippen molar-refractivity contribution < 1.29 is 9.90 Å². The Hall–Kier alpha value is -3.28. The molecule has 108 valence electrons. The molecule has 3 aromatic rings. The van der Waals surface area contributed by atoms with Crippen LogP contribution in [0.15, 0.2) is 60.0 Å². The molecule has 0 saturated carbocycles. The average Bonchev–Trinajstić information content (AvgIpc) is 2.55. The summed E-state index contributed by atoms with van der Waals surface area (Å²) >= 11 is 0. The number of fused-ring (bicyclic) bond motifs is 1. The Bertz CT molecular complexity index is 844. The number of carboxylic acid groups (broad SMARTS) is 1. The maximum absolute atomic E-state index is 10.8. The molecule has 0 bridgehead atoms. The van der Waals surface area contributed by atoms with E-state index < -0.39 is 5.97 Å². The number of hydrazone groups is 1. The molecule has 0 fully saturated rings. The van der Waals surface area contributed by atoms with Gasteiger partial charge in [0.15, 0.2) is 0 Å². The van der Waals surface area contributed by atoms with Crippen molar-refractivity contribution in [3.63, 3.8) is 0 Å². The number of aromatic carboxylic acids is 1. The number of carbonyl (C=O) groups is 1. The van der Waals surface area contributed by atoms with E-state index in [0.717, 1.165) is 16.6 Å². The van der Waals surface area contributed by atoms with E-state index in [4.69, 9.17) is 5.11 Å². The number of rotatable bonds is 4. The molecule has 1 heterocycles. The predicted molar refractivity (Wildman–Crippen MR) is 84.2 cm³/mol. The van der Waals surface area contributed by atoms with Gasteiger partial charge in [0.05, 0.1) is 28.5 Å². The summed E-state index contributed by atoms with van der Waals surface area (Å²) in [6.07, 6.45) is 4.96. The molecule has 2 aromatic carbocycles. The van der Waals surface area contributed by atoms with E-state index in [9.17, 15) is 4.79 Å². The van der Waals surface area contributed by atoms with Crippen LogP contribution in [0.1, 0.15) is 15.9 Å². The molecule has 1 aromatic heterocycles. The Kier molecular flexibility index (Phi) is 3.74. The quantitative estimate of drug-likeness (QED) is 0.570. The van der Waals surface area contributed by atoms with Gasteiger partial charge in [0.2, 0.25) is 0 Å². The third-order valence-corrected chi connectivity index (χ3v) is 3.03. The topological polar surface area (TPSA) is 87.5 Å². The van der Waals surface area contributed by atoms with E-state index in [1.165, 1.54) is 12.1 Å². The first-order chi connectivity index (χ1) is 10.7. The van der Waals surface area contributed by atoms with E-state index in [1.54, 1.807) is 30.7 Å². The van der Waals surface area contributed by atoms with Crippen LogP contribution in [-0.4, -0.2) is 27.3 Å². The first-order valence-corrected chi connectivity index (χ1v) is 6.55. The zero-order valence-corrected chi connectivity index (χ0v) is 11.5. The highest BCUT2D eigenvalue weighted by Crippen LogP contribution is 2.11. The normalized spacial score (nSPS) is 10.9. The Morgan fingerprint density at radius 1 is 1.05 bits per heavy atom. The maximum Gasteiger partial charge on any atom is 0.335 e. The van der Waals surface area contributed by atoms with E-state index in [1.807, 2.05) is 18.2 Å². The van der Waals surface area contributed by atoms with E-state index in [-0.39, 0.29) is 5.56 Å². The molecule has 0 spiro atoms. The summed E-state index contributed by atoms with van der Waals surface area (Å²) in [5.41, 5.74) is 6.32. The van der Waals surface area contributed by atoms with Gasteiger partial charge in [-0.15, -0.1) is 0 Å². The summed E-state index contributed by atoms with van der Waals surface area (Å²) in [5.74, 6) is -0.952. The second-order valence-corrected chi connectivity index (χ2v) is 4.56. The minimum absolute atomic E-state index is 0.239. The van der Waals surface area contributed by atoms with Crippen molar-refractivity contribution in [2.24, 2.45) is 5.10 Å². The number of nitrogens with zero attached hydrogens (tertiary/aromatic N) is 3. The molecule has 0 saturated heterocycles. The SMILES string of the molecule is O=C(O)c1ccc(N/N=C\c2ccc3nccnc3c2)cc1. The first-order valence-electron chi connectivity index (χ1n) is 6.55. The van der Waals surface area contributed by atoms with Gasteiger partial charge in [-0.3, -0.25) is 15.4 Å². The summed E-state index contributed by atoms with van der Waals surface area (Å²) in [5, 5.41) is 12.9. The Labute approximate surface area is 126 Å². The van der Waals surface area contributed by atoms with Crippen molar-refractivity contribution in [3.05, 3.63) is 66.0 Å². The molecule has 0 amide bonds. The van der Waals surface area contributed by atoms with Crippen LogP contribution in [0.2, 0.25) is 0 Å². The third-order valence-electron chi connectivity index (χ3n) is 3.03. The second kappa shape index (κ2) is 6.01. The molecule has 0 aliphatic heterocycles. The molecule has 6 heteroatoms. The fraction of sp³-hybridized carbons (Fsp3) is 0. The van der Waals surface area contributed by atoms with Crippen molar-refractivity contribution >= 4 is 28.9 Å². The monoisotopic (exact) mass is 292 g/mol. The van der Waals surface area contributed by atoms with Crippen molar-refractivity contribution in [1.29, 1.82) is 0 Å². The Morgan fingerprint density at radius 2 is 1.77 bits per heavy atom. The number of aromatic nitrogens is 2. The van der Waals surface area contributed by atoms with Crippen molar-refractivity contribution in [2.45, 2.75) is 0 Å². The largest absolute Gasteiger partial charge is 0.478 e. The molecule has 0 aliphatic carbocycles. The second-order valence-electron chi connectivity index (χ2n) is 4.56. The van der Waals surface area contributed by atoms with Gasteiger partial charge < -0.3 is 5.11 Å². The molecule has 3 rings (SSSR count). The average molecular weight is 292 g/mol. The molecule has 0 aliphatic rings. The number of hydrogen-bond acceptors (Lipinski definition) is 5. The fourth-order valence-corrected chi connectivity index (χ4v) is 1.93. The molecule has 0 atom stereocenters. The molecule has 6 nitrogen and oxygen atoms in total. The molecular formula is C16H12N4O2. The molecular weight excluding hydrogens is 280 g/mol. The summed E-state index contributed by atoms with van der Waals surface area (Å²) in [6, 6.07) is 12.0.